The third-order valence-electron chi connectivity index (χ3n) is 2.85. The molecular weight excluding hydrogens is 329 g/mol. The highest BCUT2D eigenvalue weighted by Gasteiger charge is 2.30. The van der Waals surface area contributed by atoms with Crippen LogP contribution in [0.25, 0.3) is 0 Å². The zero-order valence-electron chi connectivity index (χ0n) is 12.5. The van der Waals surface area contributed by atoms with Crippen molar-refractivity contribution in [2.75, 3.05) is 11.9 Å². The summed E-state index contributed by atoms with van der Waals surface area (Å²) in [5.41, 5.74) is -0.817. The van der Waals surface area contributed by atoms with Gasteiger partial charge in [-0.3, -0.25) is 9.59 Å². The zero-order chi connectivity index (χ0) is 17.7. The fraction of sp³-hybridized carbons (Fsp3) is 0.286. The molecule has 0 aliphatic rings. The van der Waals surface area contributed by atoms with E-state index in [2.05, 4.69) is 15.6 Å². The molecule has 2 aromatic rings. The first-order valence-electron chi connectivity index (χ1n) is 6.84. The summed E-state index contributed by atoms with van der Waals surface area (Å²) in [6.45, 7) is 1.72. The Morgan fingerprint density at radius 1 is 1.25 bits per heavy atom. The third kappa shape index (κ3) is 4.54. The maximum atomic E-state index is 12.5. The van der Waals surface area contributed by atoms with Crippen molar-refractivity contribution in [2.45, 2.75) is 19.6 Å². The monoisotopic (exact) mass is 342 g/mol. The van der Waals surface area contributed by atoms with Crippen molar-refractivity contribution in [2.24, 2.45) is 0 Å². The number of benzene rings is 1. The summed E-state index contributed by atoms with van der Waals surface area (Å²) in [6, 6.07) is 3.74. The summed E-state index contributed by atoms with van der Waals surface area (Å²) in [5, 5.41) is 9.65. The number of carbonyl (C=O) groups is 2. The molecule has 0 spiro atoms. The molecule has 7 nitrogen and oxygen atoms in total. The van der Waals surface area contributed by atoms with Gasteiger partial charge in [0.25, 0.3) is 5.91 Å². The summed E-state index contributed by atoms with van der Waals surface area (Å²) in [7, 11) is 0. The Bertz CT molecular complexity index is 726. The van der Waals surface area contributed by atoms with Crippen LogP contribution in [0.2, 0.25) is 0 Å². The minimum Gasteiger partial charge on any atom is -0.465 e. The topological polar surface area (TPSA) is 86.1 Å². The second-order valence-electron chi connectivity index (χ2n) is 4.64. The number of nitrogens with zero attached hydrogens (tertiary/aromatic N) is 3. The average Bonchev–Trinajstić information content (AvgIpc) is 2.93. The highest BCUT2D eigenvalue weighted by atomic mass is 19.4. The minimum absolute atomic E-state index is 0.0305. The Hall–Kier alpha value is -2.91. The van der Waals surface area contributed by atoms with Crippen LogP contribution in [0.4, 0.5) is 19.0 Å². The van der Waals surface area contributed by atoms with Crippen molar-refractivity contribution in [1.29, 1.82) is 0 Å². The number of nitrogens with one attached hydrogen (secondary N) is 1. The van der Waals surface area contributed by atoms with Crippen LogP contribution in [0.5, 0.6) is 0 Å². The van der Waals surface area contributed by atoms with Gasteiger partial charge in [-0.1, -0.05) is 5.21 Å². The van der Waals surface area contributed by atoms with E-state index >= 15 is 0 Å². The highest BCUT2D eigenvalue weighted by Crippen LogP contribution is 2.29. The molecule has 1 amide bonds. The molecule has 0 saturated carbocycles. The smallest absolute Gasteiger partial charge is 0.416 e. The molecule has 0 aliphatic heterocycles. The number of halogens is 3. The molecule has 0 atom stereocenters. The molecule has 0 saturated heterocycles. The number of hydrogen-bond donors (Lipinski definition) is 1. The Balaban J connectivity index is 2.00. The molecule has 128 valence electrons. The Labute approximate surface area is 134 Å². The number of rotatable bonds is 5. The molecule has 1 N–H and O–H groups in total. The Kier molecular flexibility index (Phi) is 5.17. The Morgan fingerprint density at radius 3 is 2.50 bits per heavy atom. The molecule has 0 radical (unpaired) electrons. The summed E-state index contributed by atoms with van der Waals surface area (Å²) >= 11 is 0. The summed E-state index contributed by atoms with van der Waals surface area (Å²) in [6.07, 6.45) is -3.16. The van der Waals surface area contributed by atoms with E-state index in [-0.39, 0.29) is 24.5 Å². The molecule has 0 bridgehead atoms. The fourth-order valence-electron chi connectivity index (χ4n) is 1.77. The molecule has 24 heavy (non-hydrogen) atoms. The van der Waals surface area contributed by atoms with E-state index in [4.69, 9.17) is 4.74 Å². The van der Waals surface area contributed by atoms with Crippen LogP contribution in [-0.4, -0.2) is 33.5 Å². The lowest BCUT2D eigenvalue weighted by Gasteiger charge is -2.07. The van der Waals surface area contributed by atoms with Gasteiger partial charge in [0.15, 0.2) is 5.82 Å². The molecule has 10 heteroatoms. The maximum absolute atomic E-state index is 12.5. The van der Waals surface area contributed by atoms with E-state index in [0.717, 1.165) is 24.3 Å². The molecule has 1 heterocycles. The van der Waals surface area contributed by atoms with Crippen LogP contribution in [0.1, 0.15) is 22.8 Å². The molecule has 2 rings (SSSR count). The van der Waals surface area contributed by atoms with Gasteiger partial charge < -0.3 is 10.1 Å². The maximum Gasteiger partial charge on any atom is 0.416 e. The lowest BCUT2D eigenvalue weighted by Crippen LogP contribution is -2.14. The van der Waals surface area contributed by atoms with Gasteiger partial charge >= 0.3 is 12.1 Å². The molecule has 0 fully saturated rings. The van der Waals surface area contributed by atoms with Crippen LogP contribution < -0.4 is 5.32 Å². The van der Waals surface area contributed by atoms with Crippen molar-refractivity contribution in [3.05, 3.63) is 41.6 Å². The van der Waals surface area contributed by atoms with E-state index in [9.17, 15) is 22.8 Å². The highest BCUT2D eigenvalue weighted by molar-refractivity contribution is 6.03. The van der Waals surface area contributed by atoms with Crippen LogP contribution in [0.15, 0.2) is 30.5 Å². The SMILES string of the molecule is CCOC(=O)Cn1cc(NC(=O)c2ccc(C(F)(F)F)cc2)nn1. The number of carbonyl (C=O) groups excluding carboxylic acids is 2. The minimum atomic E-state index is -4.47. The molecule has 0 aliphatic carbocycles. The number of amides is 1. The fourth-order valence-corrected chi connectivity index (χ4v) is 1.77. The van der Waals surface area contributed by atoms with Gasteiger partial charge in [-0.25, -0.2) is 4.68 Å². The van der Waals surface area contributed by atoms with Gasteiger partial charge in [-0.15, -0.1) is 5.10 Å². The van der Waals surface area contributed by atoms with E-state index in [1.165, 1.54) is 10.9 Å². The number of hydrogen-bond acceptors (Lipinski definition) is 5. The normalized spacial score (nSPS) is 11.2. The number of aromatic nitrogens is 3. The standard InChI is InChI=1S/C14H13F3N4O3/c1-2-24-12(22)8-21-7-11(19-20-21)18-13(23)9-3-5-10(6-4-9)14(15,16)17/h3-7H,2,8H2,1H3,(H,18,23). The molecule has 0 unspecified atom stereocenters. The lowest BCUT2D eigenvalue weighted by atomic mass is 10.1. The van der Waals surface area contributed by atoms with Crippen LogP contribution in [0, 0.1) is 0 Å². The van der Waals surface area contributed by atoms with E-state index < -0.39 is 23.6 Å². The van der Waals surface area contributed by atoms with Gasteiger partial charge in [-0.05, 0) is 31.2 Å². The first kappa shape index (κ1) is 17.4. The van der Waals surface area contributed by atoms with E-state index in [1.807, 2.05) is 0 Å². The predicted molar refractivity (Wildman–Crippen MR) is 76.1 cm³/mol. The number of ether oxygens (including phenoxy) is 1. The quantitative estimate of drug-likeness (QED) is 0.841. The number of esters is 1. The van der Waals surface area contributed by atoms with Gasteiger partial charge in [0.2, 0.25) is 0 Å². The average molecular weight is 342 g/mol. The van der Waals surface area contributed by atoms with Crippen molar-refractivity contribution in [3.63, 3.8) is 0 Å². The van der Waals surface area contributed by atoms with Crippen LogP contribution >= 0.6 is 0 Å². The van der Waals surface area contributed by atoms with Crippen molar-refractivity contribution in [1.82, 2.24) is 15.0 Å². The van der Waals surface area contributed by atoms with Gasteiger partial charge in [0.1, 0.15) is 6.54 Å². The van der Waals surface area contributed by atoms with E-state index in [1.54, 1.807) is 6.92 Å². The summed E-state index contributed by atoms with van der Waals surface area (Å²) < 4.78 is 43.3. The molecular formula is C14H13F3N4O3. The molecule has 1 aromatic heterocycles. The van der Waals surface area contributed by atoms with Crippen molar-refractivity contribution >= 4 is 17.7 Å². The first-order chi connectivity index (χ1) is 11.3. The summed E-state index contributed by atoms with van der Waals surface area (Å²) in [4.78, 5) is 23.2. The predicted octanol–water partition coefficient (Wildman–Crippen LogP) is 2.11. The van der Waals surface area contributed by atoms with Crippen molar-refractivity contribution < 1.29 is 27.5 Å². The molecule has 1 aromatic carbocycles. The van der Waals surface area contributed by atoms with Crippen LogP contribution in [-0.2, 0) is 22.3 Å². The van der Waals surface area contributed by atoms with Crippen LogP contribution in [0.3, 0.4) is 0 Å². The Morgan fingerprint density at radius 2 is 1.92 bits per heavy atom. The largest absolute Gasteiger partial charge is 0.465 e. The van der Waals surface area contributed by atoms with Gasteiger partial charge in [-0.2, -0.15) is 13.2 Å². The van der Waals surface area contributed by atoms with Gasteiger partial charge in [0.05, 0.1) is 18.4 Å². The second kappa shape index (κ2) is 7.11. The number of anilines is 1. The summed E-state index contributed by atoms with van der Waals surface area (Å²) in [5.74, 6) is -1.10. The third-order valence-corrected chi connectivity index (χ3v) is 2.85. The zero-order valence-corrected chi connectivity index (χ0v) is 12.5. The second-order valence-corrected chi connectivity index (χ2v) is 4.64. The first-order valence-corrected chi connectivity index (χ1v) is 6.84. The van der Waals surface area contributed by atoms with Crippen molar-refractivity contribution in [3.8, 4) is 0 Å². The lowest BCUT2D eigenvalue weighted by molar-refractivity contribution is -0.144. The number of alkyl halides is 3. The van der Waals surface area contributed by atoms with Gasteiger partial charge in [0, 0.05) is 5.56 Å². The van der Waals surface area contributed by atoms with E-state index in [0.29, 0.717) is 0 Å².